The van der Waals surface area contributed by atoms with Crippen molar-refractivity contribution in [3.63, 3.8) is 0 Å². The zero-order valence-corrected chi connectivity index (χ0v) is 20.9. The zero-order valence-electron chi connectivity index (χ0n) is 20.9. The quantitative estimate of drug-likeness (QED) is 0.503. The van der Waals surface area contributed by atoms with E-state index in [1.54, 1.807) is 25.8 Å². The Hall–Kier alpha value is -3.68. The van der Waals surface area contributed by atoms with Crippen molar-refractivity contribution in [2.45, 2.75) is 47.2 Å². The number of fused-ring (bicyclic) bond motifs is 1. The minimum absolute atomic E-state index is 0.00940. The second-order valence-corrected chi connectivity index (χ2v) is 10.1. The second kappa shape index (κ2) is 9.41. The first-order valence-corrected chi connectivity index (χ1v) is 11.8. The Morgan fingerprint density at radius 1 is 1.11 bits per heavy atom. The van der Waals surface area contributed by atoms with Gasteiger partial charge in [0, 0.05) is 17.3 Å². The monoisotopic (exact) mass is 494 g/mol. The lowest BCUT2D eigenvalue weighted by Gasteiger charge is -2.23. The van der Waals surface area contributed by atoms with Crippen molar-refractivity contribution in [2.24, 2.45) is 16.4 Å². The van der Waals surface area contributed by atoms with Crippen LogP contribution in [0, 0.1) is 18.3 Å². The van der Waals surface area contributed by atoms with Crippen LogP contribution < -0.4 is 5.32 Å². The van der Waals surface area contributed by atoms with Gasteiger partial charge in [-0.15, -0.1) is 0 Å². The molecule has 3 heterocycles. The van der Waals surface area contributed by atoms with Crippen LogP contribution >= 0.6 is 0 Å². The molecule has 0 saturated carbocycles. The van der Waals surface area contributed by atoms with Gasteiger partial charge < -0.3 is 5.32 Å². The van der Waals surface area contributed by atoms with E-state index >= 15 is 0 Å². The van der Waals surface area contributed by atoms with E-state index in [1.807, 2.05) is 50.4 Å². The van der Waals surface area contributed by atoms with Crippen LogP contribution in [0.5, 0.6) is 0 Å². The number of amides is 1. The molecule has 2 aromatic rings. The van der Waals surface area contributed by atoms with Crippen LogP contribution in [-0.2, 0) is 11.0 Å². The highest BCUT2D eigenvalue weighted by molar-refractivity contribution is 6.08. The van der Waals surface area contributed by atoms with Crippen molar-refractivity contribution < 1.29 is 18.0 Å². The van der Waals surface area contributed by atoms with Gasteiger partial charge in [0.2, 0.25) is 5.91 Å². The summed E-state index contributed by atoms with van der Waals surface area (Å²) >= 11 is 0. The molecular formula is C28H29F3N4O. The molecule has 1 aromatic heterocycles. The first-order chi connectivity index (χ1) is 16.8. The molecule has 0 aliphatic carbocycles. The standard InChI is InChI=1S/C28H29F3N4O/c1-17-9-11-20-12-14-24(23-8-6-7-18(2)32-23)34-35(20)16-21(17)19-10-13-22(28(29,30)31)25(15-19)33-26(36)27(3,4)5/h6-8,10-17H,9H2,1-5H3,(H,33,36). The number of allylic oxidation sites excluding steroid dienone is 4. The maximum atomic E-state index is 13.8. The number of carbonyl (C=O) groups excluding carboxylic acids is 1. The number of hydrazone groups is 1. The summed E-state index contributed by atoms with van der Waals surface area (Å²) in [6.07, 6.45) is 3.85. The zero-order chi connectivity index (χ0) is 26.3. The van der Waals surface area contributed by atoms with E-state index < -0.39 is 23.1 Å². The molecule has 1 aromatic carbocycles. The van der Waals surface area contributed by atoms with Crippen LogP contribution in [0.2, 0.25) is 0 Å². The summed E-state index contributed by atoms with van der Waals surface area (Å²) < 4.78 is 41.3. The van der Waals surface area contributed by atoms with E-state index in [-0.39, 0.29) is 11.6 Å². The van der Waals surface area contributed by atoms with Crippen molar-refractivity contribution >= 4 is 22.9 Å². The molecule has 2 aliphatic rings. The number of nitrogens with zero attached hydrogens (tertiary/aromatic N) is 3. The molecule has 1 amide bonds. The fraction of sp³-hybridized carbons (Fsp3) is 0.321. The van der Waals surface area contributed by atoms with Gasteiger partial charge in [0.05, 0.1) is 22.6 Å². The van der Waals surface area contributed by atoms with E-state index in [9.17, 15) is 18.0 Å². The third-order valence-electron chi connectivity index (χ3n) is 6.10. The fourth-order valence-corrected chi connectivity index (χ4v) is 3.96. The van der Waals surface area contributed by atoms with E-state index in [0.29, 0.717) is 17.7 Å². The average molecular weight is 495 g/mol. The van der Waals surface area contributed by atoms with Crippen LogP contribution in [0.1, 0.15) is 56.6 Å². The average Bonchev–Trinajstić information content (AvgIpc) is 2.96. The maximum absolute atomic E-state index is 13.8. The van der Waals surface area contributed by atoms with Gasteiger partial charge in [0.1, 0.15) is 5.71 Å². The number of halogens is 3. The topological polar surface area (TPSA) is 57.6 Å². The van der Waals surface area contributed by atoms with Gasteiger partial charge in [-0.05, 0) is 66.8 Å². The van der Waals surface area contributed by atoms with Crippen LogP contribution in [0.15, 0.2) is 71.6 Å². The van der Waals surface area contributed by atoms with Crippen molar-refractivity contribution in [3.8, 4) is 0 Å². The molecule has 0 bridgehead atoms. The number of carbonyl (C=O) groups is 1. The van der Waals surface area contributed by atoms with Crippen molar-refractivity contribution in [2.75, 3.05) is 5.32 Å². The summed E-state index contributed by atoms with van der Waals surface area (Å²) in [4.78, 5) is 17.1. The highest BCUT2D eigenvalue weighted by Gasteiger charge is 2.35. The minimum atomic E-state index is -4.60. The van der Waals surface area contributed by atoms with Crippen molar-refractivity contribution in [3.05, 3.63) is 89.0 Å². The fourth-order valence-electron chi connectivity index (χ4n) is 3.96. The number of hydrogen-bond acceptors (Lipinski definition) is 4. The summed E-state index contributed by atoms with van der Waals surface area (Å²) in [5.41, 5.74) is 2.61. The third kappa shape index (κ3) is 5.42. The Morgan fingerprint density at radius 3 is 2.53 bits per heavy atom. The molecule has 4 rings (SSSR count). The largest absolute Gasteiger partial charge is 0.418 e. The molecule has 0 fully saturated rings. The first-order valence-electron chi connectivity index (χ1n) is 11.8. The van der Waals surface area contributed by atoms with E-state index in [0.717, 1.165) is 28.7 Å². The summed E-state index contributed by atoms with van der Waals surface area (Å²) in [5, 5.41) is 8.99. The van der Waals surface area contributed by atoms with Crippen molar-refractivity contribution in [1.29, 1.82) is 0 Å². The Labute approximate surface area is 209 Å². The van der Waals surface area contributed by atoms with Crippen LogP contribution in [-0.4, -0.2) is 21.6 Å². The van der Waals surface area contributed by atoms with Crippen LogP contribution in [0.4, 0.5) is 18.9 Å². The van der Waals surface area contributed by atoms with Crippen molar-refractivity contribution in [1.82, 2.24) is 9.99 Å². The van der Waals surface area contributed by atoms with E-state index in [1.165, 1.54) is 12.1 Å². The summed E-state index contributed by atoms with van der Waals surface area (Å²) in [6, 6.07) is 9.61. The van der Waals surface area contributed by atoms with Gasteiger partial charge in [-0.3, -0.25) is 9.78 Å². The van der Waals surface area contributed by atoms with Gasteiger partial charge in [-0.25, -0.2) is 5.01 Å². The molecular weight excluding hydrogens is 465 g/mol. The predicted octanol–water partition coefficient (Wildman–Crippen LogP) is 6.93. The van der Waals surface area contributed by atoms with E-state index in [4.69, 9.17) is 5.10 Å². The Balaban J connectivity index is 1.76. The molecule has 1 atom stereocenters. The summed E-state index contributed by atoms with van der Waals surface area (Å²) in [7, 11) is 0. The molecule has 2 aliphatic heterocycles. The maximum Gasteiger partial charge on any atom is 0.418 e. The molecule has 36 heavy (non-hydrogen) atoms. The minimum Gasteiger partial charge on any atom is -0.325 e. The molecule has 1 unspecified atom stereocenters. The normalized spacial score (nSPS) is 18.1. The number of nitrogens with one attached hydrogen (secondary N) is 1. The Kier molecular flexibility index (Phi) is 6.64. The SMILES string of the molecule is Cc1cccc(C2=NN3C=C(c4ccc(C(F)(F)F)c(NC(=O)C(C)(C)C)c4)C(C)CC=C3C=C2)n1. The van der Waals surface area contributed by atoms with Crippen LogP contribution in [0.3, 0.4) is 0 Å². The Bertz CT molecular complexity index is 1310. The molecule has 5 nitrogen and oxygen atoms in total. The number of benzene rings is 1. The van der Waals surface area contributed by atoms with Gasteiger partial charge in [0.25, 0.3) is 0 Å². The number of hydrogen-bond donors (Lipinski definition) is 1. The van der Waals surface area contributed by atoms with E-state index in [2.05, 4.69) is 16.4 Å². The Morgan fingerprint density at radius 2 is 1.86 bits per heavy atom. The smallest absolute Gasteiger partial charge is 0.325 e. The van der Waals surface area contributed by atoms with Gasteiger partial charge >= 0.3 is 6.18 Å². The lowest BCUT2D eigenvalue weighted by Crippen LogP contribution is -2.28. The second-order valence-electron chi connectivity index (χ2n) is 10.1. The first kappa shape index (κ1) is 25.4. The number of pyridine rings is 1. The number of aromatic nitrogens is 1. The molecule has 0 radical (unpaired) electrons. The molecule has 1 N–H and O–H groups in total. The molecule has 8 heteroatoms. The third-order valence-corrected chi connectivity index (χ3v) is 6.10. The highest BCUT2D eigenvalue weighted by atomic mass is 19.4. The number of rotatable bonds is 3. The van der Waals surface area contributed by atoms with Gasteiger partial charge in [0.15, 0.2) is 0 Å². The number of anilines is 1. The predicted molar refractivity (Wildman–Crippen MR) is 136 cm³/mol. The van der Waals surface area contributed by atoms with Gasteiger partial charge in [-0.1, -0.05) is 45.9 Å². The number of aryl methyl sites for hydroxylation is 1. The number of alkyl halides is 3. The summed E-state index contributed by atoms with van der Waals surface area (Å²) in [5.74, 6) is -0.479. The molecule has 0 spiro atoms. The van der Waals surface area contributed by atoms with Crippen LogP contribution in [0.25, 0.3) is 5.57 Å². The lowest BCUT2D eigenvalue weighted by atomic mass is 9.90. The lowest BCUT2D eigenvalue weighted by molar-refractivity contribution is -0.137. The highest BCUT2D eigenvalue weighted by Crippen LogP contribution is 2.39. The van der Waals surface area contributed by atoms with Gasteiger partial charge in [-0.2, -0.15) is 18.3 Å². The molecule has 0 saturated heterocycles. The molecule has 188 valence electrons. The summed E-state index contributed by atoms with van der Waals surface area (Å²) in [6.45, 7) is 8.90.